The first-order valence-corrected chi connectivity index (χ1v) is 15.6. The first kappa shape index (κ1) is 27.8. The third-order valence-electron chi connectivity index (χ3n) is 9.69. The Balaban J connectivity index is 1.43. The second-order valence-electron chi connectivity index (χ2n) is 13.1. The van der Waals surface area contributed by atoms with Crippen molar-refractivity contribution in [3.63, 3.8) is 0 Å². The van der Waals surface area contributed by atoms with Gasteiger partial charge in [-0.1, -0.05) is 109 Å². The zero-order chi connectivity index (χ0) is 30.8. The molecule has 1 fully saturated rings. The largest absolute Gasteiger partial charge is 0.494 e. The van der Waals surface area contributed by atoms with Crippen LogP contribution in [0.5, 0.6) is 0 Å². The van der Waals surface area contributed by atoms with Crippen molar-refractivity contribution in [3.05, 3.63) is 134 Å². The van der Waals surface area contributed by atoms with Crippen molar-refractivity contribution in [3.8, 4) is 33.4 Å². The standard InChI is InChI=1S/C41H34BNO2/c1-40(2)41(3,4)45-42(44-40)32-24-29(31-22-28-16-8-13-21-37(28)43-26-31)23-30(25-32)39-35-19-11-9-17-33(35)38(27-14-6-5-7-15-27)34-18-10-12-20-36(34)39/h5-26H,1-4H3. The molecule has 0 radical (unpaired) electrons. The molecule has 8 rings (SSSR count). The Morgan fingerprint density at radius 3 is 1.62 bits per heavy atom. The Kier molecular flexibility index (Phi) is 6.42. The van der Waals surface area contributed by atoms with E-state index in [1.54, 1.807) is 0 Å². The van der Waals surface area contributed by atoms with Crippen molar-refractivity contribution in [2.24, 2.45) is 0 Å². The Hall–Kier alpha value is -4.77. The van der Waals surface area contributed by atoms with Crippen LogP contribution in [0.4, 0.5) is 0 Å². The number of rotatable bonds is 4. The van der Waals surface area contributed by atoms with Crippen LogP contribution in [-0.4, -0.2) is 23.3 Å². The van der Waals surface area contributed by atoms with E-state index >= 15 is 0 Å². The second kappa shape index (κ2) is 10.4. The quantitative estimate of drug-likeness (QED) is 0.153. The number of pyridine rings is 1. The number of benzene rings is 6. The summed E-state index contributed by atoms with van der Waals surface area (Å²) in [7, 11) is -0.497. The van der Waals surface area contributed by atoms with Gasteiger partial charge >= 0.3 is 7.12 Å². The van der Waals surface area contributed by atoms with Crippen molar-refractivity contribution in [1.29, 1.82) is 0 Å². The maximum atomic E-state index is 6.62. The fourth-order valence-corrected chi connectivity index (χ4v) is 6.66. The molecule has 0 aliphatic carbocycles. The third-order valence-corrected chi connectivity index (χ3v) is 9.69. The highest BCUT2D eigenvalue weighted by molar-refractivity contribution is 6.62. The van der Waals surface area contributed by atoms with E-state index in [0.29, 0.717) is 0 Å². The van der Waals surface area contributed by atoms with E-state index in [4.69, 9.17) is 14.3 Å². The lowest BCUT2D eigenvalue weighted by molar-refractivity contribution is 0.00578. The average molecular weight is 584 g/mol. The molecule has 7 aromatic rings. The lowest BCUT2D eigenvalue weighted by Crippen LogP contribution is -2.41. The topological polar surface area (TPSA) is 31.4 Å². The van der Waals surface area contributed by atoms with Crippen LogP contribution < -0.4 is 5.46 Å². The molecule has 2 heterocycles. The van der Waals surface area contributed by atoms with E-state index in [2.05, 4.69) is 149 Å². The molecule has 1 aliphatic heterocycles. The number of nitrogens with zero attached hydrogens (tertiary/aromatic N) is 1. The van der Waals surface area contributed by atoms with Gasteiger partial charge in [0.1, 0.15) is 0 Å². The minimum atomic E-state index is -0.497. The Morgan fingerprint density at radius 1 is 0.489 bits per heavy atom. The summed E-state index contributed by atoms with van der Waals surface area (Å²) in [5.74, 6) is 0. The van der Waals surface area contributed by atoms with E-state index in [9.17, 15) is 0 Å². The zero-order valence-corrected chi connectivity index (χ0v) is 26.0. The zero-order valence-electron chi connectivity index (χ0n) is 26.0. The molecule has 1 aliphatic rings. The van der Waals surface area contributed by atoms with Crippen LogP contribution in [0.15, 0.2) is 134 Å². The molecule has 0 N–H and O–H groups in total. The molecule has 45 heavy (non-hydrogen) atoms. The summed E-state index contributed by atoms with van der Waals surface area (Å²) in [5.41, 5.74) is 8.01. The van der Waals surface area contributed by atoms with Gasteiger partial charge in [0, 0.05) is 17.1 Å². The van der Waals surface area contributed by atoms with Gasteiger partial charge < -0.3 is 9.31 Å². The van der Waals surface area contributed by atoms with Crippen LogP contribution in [0.1, 0.15) is 27.7 Å². The molecule has 0 atom stereocenters. The summed E-state index contributed by atoms with van der Waals surface area (Å²) in [4.78, 5) is 4.82. The molecule has 3 nitrogen and oxygen atoms in total. The molecule has 0 saturated carbocycles. The first-order chi connectivity index (χ1) is 21.8. The minimum absolute atomic E-state index is 0.449. The van der Waals surface area contributed by atoms with Gasteiger partial charge in [-0.15, -0.1) is 0 Å². The van der Waals surface area contributed by atoms with Gasteiger partial charge in [-0.2, -0.15) is 0 Å². The average Bonchev–Trinajstić information content (AvgIpc) is 3.29. The molecule has 0 spiro atoms. The van der Waals surface area contributed by atoms with E-state index in [1.807, 2.05) is 12.3 Å². The lowest BCUT2D eigenvalue weighted by Gasteiger charge is -2.32. The number of hydrogen-bond acceptors (Lipinski definition) is 3. The molecular weight excluding hydrogens is 549 g/mol. The van der Waals surface area contributed by atoms with E-state index in [-0.39, 0.29) is 0 Å². The number of para-hydroxylation sites is 1. The van der Waals surface area contributed by atoms with E-state index < -0.39 is 18.3 Å². The first-order valence-electron chi connectivity index (χ1n) is 15.6. The van der Waals surface area contributed by atoms with Gasteiger partial charge in [-0.25, -0.2) is 0 Å². The van der Waals surface area contributed by atoms with Crippen LogP contribution in [0.3, 0.4) is 0 Å². The van der Waals surface area contributed by atoms with Gasteiger partial charge in [0.25, 0.3) is 0 Å². The third kappa shape index (κ3) is 4.64. The number of aromatic nitrogens is 1. The van der Waals surface area contributed by atoms with Gasteiger partial charge in [0.2, 0.25) is 0 Å². The molecule has 6 aromatic carbocycles. The summed E-state index contributed by atoms with van der Waals surface area (Å²) in [6.45, 7) is 8.42. The molecule has 0 amide bonds. The van der Waals surface area contributed by atoms with Gasteiger partial charge in [0.15, 0.2) is 0 Å². The summed E-state index contributed by atoms with van der Waals surface area (Å²) < 4.78 is 13.2. The van der Waals surface area contributed by atoms with Crippen molar-refractivity contribution < 1.29 is 9.31 Å². The minimum Gasteiger partial charge on any atom is -0.399 e. The maximum absolute atomic E-state index is 6.62. The van der Waals surface area contributed by atoms with Crippen molar-refractivity contribution in [2.45, 2.75) is 38.9 Å². The lowest BCUT2D eigenvalue weighted by atomic mass is 9.75. The summed E-state index contributed by atoms with van der Waals surface area (Å²) in [5, 5.41) is 5.99. The van der Waals surface area contributed by atoms with Crippen molar-refractivity contribution in [1.82, 2.24) is 4.98 Å². The summed E-state index contributed by atoms with van der Waals surface area (Å²) in [6, 6.07) is 45.5. The van der Waals surface area contributed by atoms with Gasteiger partial charge in [-0.05, 0) is 101 Å². The van der Waals surface area contributed by atoms with Crippen molar-refractivity contribution >= 4 is 45.0 Å². The highest BCUT2D eigenvalue weighted by Crippen LogP contribution is 2.44. The molecule has 0 unspecified atom stereocenters. The predicted octanol–water partition coefficient (Wildman–Crippen LogP) is 9.84. The van der Waals surface area contributed by atoms with Crippen LogP contribution in [-0.2, 0) is 9.31 Å². The van der Waals surface area contributed by atoms with E-state index in [1.165, 1.54) is 38.2 Å². The highest BCUT2D eigenvalue weighted by Gasteiger charge is 2.51. The monoisotopic (exact) mass is 583 g/mol. The summed E-state index contributed by atoms with van der Waals surface area (Å²) in [6.07, 6.45) is 1.98. The maximum Gasteiger partial charge on any atom is 0.494 e. The summed E-state index contributed by atoms with van der Waals surface area (Å²) >= 11 is 0. The van der Waals surface area contributed by atoms with E-state index in [0.717, 1.165) is 33.1 Å². The van der Waals surface area contributed by atoms with Crippen molar-refractivity contribution in [2.75, 3.05) is 0 Å². The molecule has 1 saturated heterocycles. The smallest absolute Gasteiger partial charge is 0.399 e. The van der Waals surface area contributed by atoms with Crippen LogP contribution >= 0.6 is 0 Å². The number of hydrogen-bond donors (Lipinski definition) is 0. The SMILES string of the molecule is CC1(C)OB(c2cc(-c3cnc4ccccc4c3)cc(-c3c4ccccc4c(-c4ccccc4)c4ccccc34)c2)OC1(C)C. The fourth-order valence-electron chi connectivity index (χ4n) is 6.66. The molecule has 1 aromatic heterocycles. The Labute approximate surface area is 264 Å². The van der Waals surface area contributed by atoms with Crippen LogP contribution in [0, 0.1) is 0 Å². The van der Waals surface area contributed by atoms with Gasteiger partial charge in [0.05, 0.1) is 16.7 Å². The molecule has 0 bridgehead atoms. The van der Waals surface area contributed by atoms with Gasteiger partial charge in [-0.3, -0.25) is 4.98 Å². The normalized spacial score (nSPS) is 15.7. The Bertz CT molecular complexity index is 2170. The highest BCUT2D eigenvalue weighted by atomic mass is 16.7. The Morgan fingerprint density at radius 2 is 1.00 bits per heavy atom. The molecule has 218 valence electrons. The van der Waals surface area contributed by atoms with Crippen LogP contribution in [0.25, 0.3) is 65.8 Å². The number of fused-ring (bicyclic) bond motifs is 3. The molecule has 4 heteroatoms. The van der Waals surface area contributed by atoms with Crippen LogP contribution in [0.2, 0.25) is 0 Å². The predicted molar refractivity (Wildman–Crippen MR) is 189 cm³/mol. The fraction of sp³-hybridized carbons (Fsp3) is 0.146. The molecular formula is C41H34BNO2. The second-order valence-corrected chi connectivity index (χ2v) is 13.1.